The molecule has 2 heterocycles. The summed E-state index contributed by atoms with van der Waals surface area (Å²) in [6.45, 7) is 7.44. The third-order valence-corrected chi connectivity index (χ3v) is 4.48. The predicted octanol–water partition coefficient (Wildman–Crippen LogP) is 4.25. The third kappa shape index (κ3) is 4.14. The van der Waals surface area contributed by atoms with Gasteiger partial charge in [0.05, 0.1) is 6.20 Å². The van der Waals surface area contributed by atoms with Crippen molar-refractivity contribution in [2.45, 2.75) is 32.7 Å². The summed E-state index contributed by atoms with van der Waals surface area (Å²) in [5.41, 5.74) is 3.38. The number of hydrogen-bond acceptors (Lipinski definition) is 7. The van der Waals surface area contributed by atoms with E-state index in [1.54, 1.807) is 6.20 Å². The summed E-state index contributed by atoms with van der Waals surface area (Å²) < 4.78 is 10.7. The Hall–Kier alpha value is -3.35. The van der Waals surface area contributed by atoms with Crippen molar-refractivity contribution in [1.29, 1.82) is 0 Å². The molecule has 0 radical (unpaired) electrons. The van der Waals surface area contributed by atoms with Gasteiger partial charge >= 0.3 is 0 Å². The van der Waals surface area contributed by atoms with E-state index in [0.717, 1.165) is 22.7 Å². The van der Waals surface area contributed by atoms with Crippen LogP contribution in [0.2, 0.25) is 0 Å². The summed E-state index contributed by atoms with van der Waals surface area (Å²) in [6.07, 6.45) is 1.60. The predicted molar refractivity (Wildman–Crippen MR) is 108 cm³/mol. The van der Waals surface area contributed by atoms with Crippen molar-refractivity contribution in [1.82, 2.24) is 15.2 Å². The van der Waals surface area contributed by atoms with Crippen LogP contribution in [0.4, 0.5) is 17.5 Å². The zero-order valence-corrected chi connectivity index (χ0v) is 16.2. The topological polar surface area (TPSA) is 81.2 Å². The largest absolute Gasteiger partial charge is 0.454 e. The van der Waals surface area contributed by atoms with Crippen LogP contribution in [0.1, 0.15) is 31.9 Å². The number of fused-ring (bicyclic) bond motifs is 1. The minimum atomic E-state index is 0.120. The smallest absolute Gasteiger partial charge is 0.249 e. The SMILES string of the molecule is CC(C)(C)c1ccc(Nc2nncc(NCc3ccc4c(c3)OCO4)n2)cc1. The fourth-order valence-corrected chi connectivity index (χ4v) is 2.87. The first-order chi connectivity index (χ1) is 13.5. The average molecular weight is 377 g/mol. The van der Waals surface area contributed by atoms with Gasteiger partial charge in [-0.2, -0.15) is 10.1 Å². The molecule has 0 atom stereocenters. The van der Waals surface area contributed by atoms with Crippen molar-refractivity contribution in [2.24, 2.45) is 0 Å². The van der Waals surface area contributed by atoms with E-state index >= 15 is 0 Å². The first-order valence-corrected chi connectivity index (χ1v) is 9.17. The molecule has 0 saturated heterocycles. The van der Waals surface area contributed by atoms with Crippen molar-refractivity contribution in [2.75, 3.05) is 17.4 Å². The summed E-state index contributed by atoms with van der Waals surface area (Å²) in [4.78, 5) is 4.47. The highest BCUT2D eigenvalue weighted by molar-refractivity contribution is 5.55. The van der Waals surface area contributed by atoms with Crippen molar-refractivity contribution in [3.63, 3.8) is 0 Å². The second-order valence-corrected chi connectivity index (χ2v) is 7.66. The molecule has 1 aromatic heterocycles. The Labute approximate surface area is 164 Å². The molecule has 1 aliphatic heterocycles. The quantitative estimate of drug-likeness (QED) is 0.688. The van der Waals surface area contributed by atoms with Crippen LogP contribution >= 0.6 is 0 Å². The number of anilines is 3. The Morgan fingerprint density at radius 2 is 1.79 bits per heavy atom. The maximum Gasteiger partial charge on any atom is 0.249 e. The second kappa shape index (κ2) is 7.34. The lowest BCUT2D eigenvalue weighted by molar-refractivity contribution is 0.174. The summed E-state index contributed by atoms with van der Waals surface area (Å²) in [5.74, 6) is 2.62. The van der Waals surface area contributed by atoms with Gasteiger partial charge in [0.1, 0.15) is 0 Å². The molecule has 2 aromatic carbocycles. The van der Waals surface area contributed by atoms with Crippen LogP contribution in [0.3, 0.4) is 0 Å². The Kier molecular flexibility index (Phi) is 4.73. The standard InChI is InChI=1S/C21H23N5O2/c1-21(2,3)15-5-7-16(8-6-15)24-20-25-19(12-23-26-20)22-11-14-4-9-17-18(10-14)28-13-27-17/h4-10,12H,11,13H2,1-3H3,(H2,22,24,25,26). The van der Waals surface area contributed by atoms with E-state index in [4.69, 9.17) is 9.47 Å². The van der Waals surface area contributed by atoms with E-state index in [1.165, 1.54) is 5.56 Å². The van der Waals surface area contributed by atoms with Crippen LogP contribution in [0.25, 0.3) is 0 Å². The molecule has 28 heavy (non-hydrogen) atoms. The Morgan fingerprint density at radius 3 is 2.57 bits per heavy atom. The average Bonchev–Trinajstić information content (AvgIpc) is 3.14. The van der Waals surface area contributed by atoms with Crippen molar-refractivity contribution < 1.29 is 9.47 Å². The molecule has 144 valence electrons. The number of nitrogens with zero attached hydrogens (tertiary/aromatic N) is 3. The highest BCUT2D eigenvalue weighted by atomic mass is 16.7. The maximum absolute atomic E-state index is 5.41. The lowest BCUT2D eigenvalue weighted by atomic mass is 9.87. The fraction of sp³-hybridized carbons (Fsp3) is 0.286. The third-order valence-electron chi connectivity index (χ3n) is 4.48. The van der Waals surface area contributed by atoms with Gasteiger partial charge in [-0.05, 0) is 40.8 Å². The molecule has 0 unspecified atom stereocenters. The first-order valence-electron chi connectivity index (χ1n) is 9.17. The van der Waals surface area contributed by atoms with Gasteiger partial charge in [-0.15, -0.1) is 5.10 Å². The molecule has 7 nitrogen and oxygen atoms in total. The summed E-state index contributed by atoms with van der Waals surface area (Å²) >= 11 is 0. The van der Waals surface area contributed by atoms with E-state index in [-0.39, 0.29) is 12.2 Å². The molecule has 0 spiro atoms. The minimum Gasteiger partial charge on any atom is -0.454 e. The molecule has 0 bridgehead atoms. The van der Waals surface area contributed by atoms with Gasteiger partial charge in [0.25, 0.3) is 0 Å². The van der Waals surface area contributed by atoms with Crippen LogP contribution in [0.5, 0.6) is 11.5 Å². The van der Waals surface area contributed by atoms with Crippen molar-refractivity contribution in [3.8, 4) is 11.5 Å². The van der Waals surface area contributed by atoms with Gasteiger partial charge in [0.2, 0.25) is 12.7 Å². The normalized spacial score (nSPS) is 12.7. The number of nitrogens with one attached hydrogen (secondary N) is 2. The molecule has 2 N–H and O–H groups in total. The molecule has 0 amide bonds. The number of benzene rings is 2. The maximum atomic E-state index is 5.41. The van der Waals surface area contributed by atoms with Crippen LogP contribution in [0.15, 0.2) is 48.7 Å². The Balaban J connectivity index is 1.40. The number of aromatic nitrogens is 3. The van der Waals surface area contributed by atoms with Gasteiger partial charge in [-0.1, -0.05) is 39.0 Å². The van der Waals surface area contributed by atoms with E-state index in [2.05, 4.69) is 58.7 Å². The van der Waals surface area contributed by atoms with Gasteiger partial charge < -0.3 is 20.1 Å². The van der Waals surface area contributed by atoms with E-state index in [0.29, 0.717) is 18.3 Å². The Morgan fingerprint density at radius 1 is 1.00 bits per heavy atom. The molecule has 0 fully saturated rings. The van der Waals surface area contributed by atoms with Crippen LogP contribution in [-0.2, 0) is 12.0 Å². The number of rotatable bonds is 5. The van der Waals surface area contributed by atoms with Gasteiger partial charge in [0, 0.05) is 12.2 Å². The first kappa shape index (κ1) is 18.0. The fourth-order valence-electron chi connectivity index (χ4n) is 2.87. The molecule has 3 aromatic rings. The van der Waals surface area contributed by atoms with Crippen molar-refractivity contribution in [3.05, 3.63) is 59.8 Å². The molecular weight excluding hydrogens is 354 g/mol. The Bertz CT molecular complexity index is 967. The number of ether oxygens (including phenoxy) is 2. The molecule has 7 heteroatoms. The van der Waals surface area contributed by atoms with Gasteiger partial charge in [0.15, 0.2) is 17.3 Å². The van der Waals surface area contributed by atoms with E-state index in [1.807, 2.05) is 30.3 Å². The van der Waals surface area contributed by atoms with Gasteiger partial charge in [-0.3, -0.25) is 0 Å². The summed E-state index contributed by atoms with van der Waals surface area (Å²) in [6, 6.07) is 14.1. The zero-order valence-electron chi connectivity index (χ0n) is 16.2. The van der Waals surface area contributed by atoms with Crippen LogP contribution in [0, 0.1) is 0 Å². The van der Waals surface area contributed by atoms with E-state index in [9.17, 15) is 0 Å². The van der Waals surface area contributed by atoms with Crippen LogP contribution < -0.4 is 20.1 Å². The zero-order chi connectivity index (χ0) is 19.6. The van der Waals surface area contributed by atoms with E-state index < -0.39 is 0 Å². The second-order valence-electron chi connectivity index (χ2n) is 7.66. The molecule has 0 saturated carbocycles. The minimum absolute atomic E-state index is 0.120. The number of hydrogen-bond donors (Lipinski definition) is 2. The molecular formula is C21H23N5O2. The molecule has 4 rings (SSSR count). The monoisotopic (exact) mass is 377 g/mol. The van der Waals surface area contributed by atoms with Crippen LogP contribution in [-0.4, -0.2) is 22.0 Å². The molecule has 0 aliphatic carbocycles. The highest BCUT2D eigenvalue weighted by Gasteiger charge is 2.14. The lowest BCUT2D eigenvalue weighted by Crippen LogP contribution is -2.10. The summed E-state index contributed by atoms with van der Waals surface area (Å²) in [5, 5.41) is 14.5. The summed E-state index contributed by atoms with van der Waals surface area (Å²) in [7, 11) is 0. The molecule has 1 aliphatic rings. The van der Waals surface area contributed by atoms with Gasteiger partial charge in [-0.25, -0.2) is 0 Å². The van der Waals surface area contributed by atoms with Crippen molar-refractivity contribution >= 4 is 17.5 Å². The lowest BCUT2D eigenvalue weighted by Gasteiger charge is -2.19. The highest BCUT2D eigenvalue weighted by Crippen LogP contribution is 2.32.